The molecule has 2 nitrogen and oxygen atoms in total. The maximum atomic E-state index is 13.8. The Bertz CT molecular complexity index is 533. The van der Waals surface area contributed by atoms with E-state index >= 15 is 0 Å². The number of halogens is 5. The number of hydrogen-bond acceptors (Lipinski definition) is 2. The van der Waals surface area contributed by atoms with E-state index in [1.165, 1.54) is 6.07 Å². The maximum Gasteiger partial charge on any atom is 0.494 e. The molecular weight excluding hydrogens is 355 g/mol. The zero-order valence-corrected chi connectivity index (χ0v) is 13.5. The predicted octanol–water partition coefficient (Wildman–Crippen LogP) is 3.91. The molecule has 0 aromatic heterocycles. The maximum absolute atomic E-state index is 13.8. The molecule has 2 rings (SSSR count). The third-order valence-corrected chi connectivity index (χ3v) is 4.50. The van der Waals surface area contributed by atoms with Gasteiger partial charge in [-0.1, -0.05) is 15.9 Å². The molecular formula is C13H14BBrF4O2. The second kappa shape index (κ2) is 4.96. The zero-order valence-electron chi connectivity index (χ0n) is 11.9. The molecule has 0 spiro atoms. The van der Waals surface area contributed by atoms with E-state index in [9.17, 15) is 17.6 Å². The Morgan fingerprint density at radius 1 is 1.05 bits per heavy atom. The van der Waals surface area contributed by atoms with Crippen LogP contribution in [-0.4, -0.2) is 18.3 Å². The highest BCUT2D eigenvalue weighted by Crippen LogP contribution is 2.39. The Morgan fingerprint density at radius 2 is 1.52 bits per heavy atom. The van der Waals surface area contributed by atoms with E-state index in [4.69, 9.17) is 9.31 Å². The summed E-state index contributed by atoms with van der Waals surface area (Å²) in [7, 11) is -0.914. The van der Waals surface area contributed by atoms with Crippen molar-refractivity contribution in [2.45, 2.75) is 45.1 Å². The average Bonchev–Trinajstić information content (AvgIpc) is 2.44. The van der Waals surface area contributed by atoms with Gasteiger partial charge in [-0.3, -0.25) is 0 Å². The molecule has 0 unspecified atom stereocenters. The van der Waals surface area contributed by atoms with Gasteiger partial charge in [0.1, 0.15) is 11.4 Å². The summed E-state index contributed by atoms with van der Waals surface area (Å²) in [5.74, 6) is -1.36. The average molecular weight is 369 g/mol. The van der Waals surface area contributed by atoms with Gasteiger partial charge in [-0.2, -0.15) is 13.2 Å². The summed E-state index contributed by atoms with van der Waals surface area (Å²) in [6, 6.07) is 1.98. The third-order valence-electron chi connectivity index (χ3n) is 3.87. The van der Waals surface area contributed by atoms with Crippen LogP contribution in [0.25, 0.3) is 0 Å². The van der Waals surface area contributed by atoms with Crippen LogP contribution in [0.15, 0.2) is 16.6 Å². The smallest absolute Gasteiger partial charge is 0.399 e. The van der Waals surface area contributed by atoms with Crippen molar-refractivity contribution in [1.29, 1.82) is 0 Å². The van der Waals surface area contributed by atoms with Crippen LogP contribution in [0.5, 0.6) is 0 Å². The first-order valence-electron chi connectivity index (χ1n) is 6.27. The Labute approximate surface area is 129 Å². The van der Waals surface area contributed by atoms with Gasteiger partial charge in [-0.25, -0.2) is 4.39 Å². The van der Waals surface area contributed by atoms with Crippen molar-refractivity contribution in [3.8, 4) is 0 Å². The van der Waals surface area contributed by atoms with Crippen LogP contribution in [0.1, 0.15) is 33.3 Å². The first kappa shape index (κ1) is 16.8. The molecule has 0 bridgehead atoms. The topological polar surface area (TPSA) is 18.5 Å². The molecule has 1 aliphatic heterocycles. The molecule has 8 heteroatoms. The lowest BCUT2D eigenvalue weighted by atomic mass is 9.78. The lowest BCUT2D eigenvalue weighted by Gasteiger charge is -2.32. The Balaban J connectivity index is 2.41. The van der Waals surface area contributed by atoms with Crippen molar-refractivity contribution < 1.29 is 26.9 Å². The SMILES string of the molecule is CC1(C)OB(c2cc(F)c(C(F)(F)F)c(Br)c2)OC1(C)C. The summed E-state index contributed by atoms with van der Waals surface area (Å²) in [5.41, 5.74) is -2.43. The van der Waals surface area contributed by atoms with Crippen LogP contribution in [0.4, 0.5) is 17.6 Å². The lowest BCUT2D eigenvalue weighted by molar-refractivity contribution is -0.140. The molecule has 0 saturated carbocycles. The molecule has 116 valence electrons. The fourth-order valence-corrected chi connectivity index (χ4v) is 2.66. The highest BCUT2D eigenvalue weighted by Gasteiger charge is 2.52. The van der Waals surface area contributed by atoms with E-state index in [1.807, 2.05) is 27.7 Å². The number of benzene rings is 1. The standard InChI is InChI=1S/C13H14BBrF4O2/c1-11(2)12(3,4)21-14(20-11)7-5-8(15)10(9(16)6-7)13(17,18)19/h5-6H,1-4H3. The fraction of sp³-hybridized carbons (Fsp3) is 0.538. The quantitative estimate of drug-likeness (QED) is 0.552. The predicted molar refractivity (Wildman–Crippen MR) is 74.8 cm³/mol. The van der Waals surface area contributed by atoms with Crippen LogP contribution in [0.2, 0.25) is 0 Å². The first-order chi connectivity index (χ1) is 9.35. The molecule has 21 heavy (non-hydrogen) atoms. The van der Waals surface area contributed by atoms with Gasteiger partial charge in [0.15, 0.2) is 0 Å². The van der Waals surface area contributed by atoms with Crippen molar-refractivity contribution in [1.82, 2.24) is 0 Å². The Kier molecular flexibility index (Phi) is 3.96. The zero-order chi connectivity index (χ0) is 16.2. The second-order valence-electron chi connectivity index (χ2n) is 5.95. The van der Waals surface area contributed by atoms with Gasteiger partial charge in [-0.05, 0) is 45.3 Å². The molecule has 0 atom stereocenters. The Morgan fingerprint density at radius 3 is 1.90 bits per heavy atom. The second-order valence-corrected chi connectivity index (χ2v) is 6.80. The largest absolute Gasteiger partial charge is 0.494 e. The molecule has 0 radical (unpaired) electrons. The molecule has 0 amide bonds. The summed E-state index contributed by atoms with van der Waals surface area (Å²) >= 11 is 2.77. The molecule has 0 aliphatic carbocycles. The number of alkyl halides is 3. The van der Waals surface area contributed by atoms with Gasteiger partial charge in [0.25, 0.3) is 0 Å². The molecule has 1 heterocycles. The van der Waals surface area contributed by atoms with Crippen molar-refractivity contribution in [3.63, 3.8) is 0 Å². The van der Waals surface area contributed by atoms with E-state index in [0.29, 0.717) is 0 Å². The van der Waals surface area contributed by atoms with Crippen LogP contribution < -0.4 is 5.46 Å². The third kappa shape index (κ3) is 2.98. The highest BCUT2D eigenvalue weighted by atomic mass is 79.9. The van der Waals surface area contributed by atoms with Gasteiger partial charge in [0.05, 0.1) is 11.2 Å². The van der Waals surface area contributed by atoms with Crippen LogP contribution in [-0.2, 0) is 15.5 Å². The minimum absolute atomic E-state index is 0.200. The van der Waals surface area contributed by atoms with E-state index in [1.54, 1.807) is 0 Å². The summed E-state index contributed by atoms with van der Waals surface area (Å²) < 4.78 is 63.0. The van der Waals surface area contributed by atoms with Crippen LogP contribution in [0.3, 0.4) is 0 Å². The van der Waals surface area contributed by atoms with Crippen LogP contribution in [0, 0.1) is 5.82 Å². The van der Waals surface area contributed by atoms with Crippen molar-refractivity contribution in [3.05, 3.63) is 28.0 Å². The van der Waals surface area contributed by atoms with Gasteiger partial charge in [0.2, 0.25) is 0 Å². The van der Waals surface area contributed by atoms with Gasteiger partial charge in [0, 0.05) is 4.47 Å². The minimum Gasteiger partial charge on any atom is -0.399 e. The van der Waals surface area contributed by atoms with E-state index in [0.717, 1.165) is 6.07 Å². The van der Waals surface area contributed by atoms with E-state index in [2.05, 4.69) is 15.9 Å². The van der Waals surface area contributed by atoms with Gasteiger partial charge in [-0.15, -0.1) is 0 Å². The van der Waals surface area contributed by atoms with Crippen molar-refractivity contribution in [2.24, 2.45) is 0 Å². The van der Waals surface area contributed by atoms with E-state index in [-0.39, 0.29) is 9.94 Å². The lowest BCUT2D eigenvalue weighted by Crippen LogP contribution is -2.41. The molecule has 0 N–H and O–H groups in total. The molecule has 1 saturated heterocycles. The molecule has 1 aromatic carbocycles. The number of hydrogen-bond donors (Lipinski definition) is 0. The fourth-order valence-electron chi connectivity index (χ4n) is 1.98. The summed E-state index contributed by atoms with van der Waals surface area (Å²) in [6.45, 7) is 7.23. The minimum atomic E-state index is -4.77. The van der Waals surface area contributed by atoms with Crippen molar-refractivity contribution in [2.75, 3.05) is 0 Å². The number of rotatable bonds is 1. The summed E-state index contributed by atoms with van der Waals surface area (Å²) in [4.78, 5) is 0. The molecule has 1 fully saturated rings. The monoisotopic (exact) mass is 368 g/mol. The van der Waals surface area contributed by atoms with Gasteiger partial charge >= 0.3 is 13.3 Å². The molecule has 1 aromatic rings. The highest BCUT2D eigenvalue weighted by molar-refractivity contribution is 9.10. The van der Waals surface area contributed by atoms with Gasteiger partial charge < -0.3 is 9.31 Å². The molecule has 1 aliphatic rings. The summed E-state index contributed by atoms with van der Waals surface area (Å²) in [5, 5.41) is 0. The van der Waals surface area contributed by atoms with E-state index < -0.39 is 35.9 Å². The first-order valence-corrected chi connectivity index (χ1v) is 7.06. The normalized spacial score (nSPS) is 20.9. The van der Waals surface area contributed by atoms with Crippen molar-refractivity contribution >= 4 is 28.5 Å². The Hall–Kier alpha value is -0.595. The van der Waals surface area contributed by atoms with Crippen LogP contribution >= 0.6 is 15.9 Å². The summed E-state index contributed by atoms with van der Waals surface area (Å²) in [6.07, 6.45) is -4.77.